The first-order chi connectivity index (χ1) is 15.6. The minimum Gasteiger partial charge on any atom is -0.418 e. The Hall–Kier alpha value is -3.89. The molecule has 0 aliphatic rings. The average Bonchev–Trinajstić information content (AvgIpc) is 3.26. The van der Waals surface area contributed by atoms with Crippen molar-refractivity contribution in [3.8, 4) is 11.4 Å². The second-order valence-corrected chi connectivity index (χ2v) is 8.19. The molecule has 0 bridgehead atoms. The second kappa shape index (κ2) is 9.72. The molecule has 11 heteroatoms. The van der Waals surface area contributed by atoms with E-state index in [1.165, 1.54) is 30.5 Å². The summed E-state index contributed by atoms with van der Waals surface area (Å²) in [6, 6.07) is 4.34. The summed E-state index contributed by atoms with van der Waals surface area (Å²) in [5.41, 5.74) is 5.33. The van der Waals surface area contributed by atoms with Gasteiger partial charge < -0.3 is 15.5 Å². The van der Waals surface area contributed by atoms with Crippen molar-refractivity contribution in [3.05, 3.63) is 58.4 Å². The summed E-state index contributed by atoms with van der Waals surface area (Å²) in [6.07, 6.45) is 1.18. The Kier molecular flexibility index (Phi) is 7.00. The number of benzene rings is 1. The monoisotopic (exact) mass is 456 g/mol. The summed E-state index contributed by atoms with van der Waals surface area (Å²) in [5.74, 6) is -1.72. The predicted molar refractivity (Wildman–Crippen MR) is 118 cm³/mol. The molecule has 2 heterocycles. The number of hydrogen-bond acceptors (Lipinski definition) is 8. The zero-order valence-corrected chi connectivity index (χ0v) is 18.7. The third-order valence-corrected chi connectivity index (χ3v) is 4.89. The van der Waals surface area contributed by atoms with E-state index < -0.39 is 35.7 Å². The molecule has 0 unspecified atom stereocenters. The number of carbonyl (C=O) groups excluding carboxylic acids is 2. The van der Waals surface area contributed by atoms with Crippen molar-refractivity contribution >= 4 is 17.4 Å². The van der Waals surface area contributed by atoms with Crippen LogP contribution in [-0.2, 0) is 11.3 Å². The van der Waals surface area contributed by atoms with Gasteiger partial charge in [-0.2, -0.15) is 0 Å². The van der Waals surface area contributed by atoms with Crippen LogP contribution in [0.25, 0.3) is 11.4 Å². The van der Waals surface area contributed by atoms with Gasteiger partial charge in [-0.25, -0.2) is 9.37 Å². The number of nitrogens with zero attached hydrogens (tertiary/aromatic N) is 4. The molecule has 1 atom stereocenters. The zero-order valence-electron chi connectivity index (χ0n) is 18.7. The van der Waals surface area contributed by atoms with Crippen LogP contribution in [0.3, 0.4) is 0 Å². The lowest BCUT2D eigenvalue weighted by molar-refractivity contribution is -0.122. The maximum atomic E-state index is 13.3. The van der Waals surface area contributed by atoms with Gasteiger partial charge in [0.2, 0.25) is 17.6 Å². The van der Waals surface area contributed by atoms with E-state index in [9.17, 15) is 18.8 Å². The van der Waals surface area contributed by atoms with E-state index in [1.54, 1.807) is 13.8 Å². The molecule has 3 N–H and O–H groups in total. The van der Waals surface area contributed by atoms with Gasteiger partial charge in [-0.3, -0.25) is 19.0 Å². The second-order valence-electron chi connectivity index (χ2n) is 8.19. The molecular formula is C22H25FN6O4. The molecule has 174 valence electrons. The smallest absolute Gasteiger partial charge is 0.286 e. The molecule has 0 aliphatic heterocycles. The van der Waals surface area contributed by atoms with E-state index in [0.29, 0.717) is 11.5 Å². The van der Waals surface area contributed by atoms with Crippen LogP contribution in [-0.4, -0.2) is 37.5 Å². The van der Waals surface area contributed by atoms with E-state index in [0.717, 1.165) is 4.57 Å². The Bertz CT molecular complexity index is 1220. The van der Waals surface area contributed by atoms with E-state index in [1.807, 2.05) is 13.8 Å². The number of aromatic nitrogens is 4. The van der Waals surface area contributed by atoms with Crippen LogP contribution in [0.4, 0.5) is 10.1 Å². The van der Waals surface area contributed by atoms with Crippen molar-refractivity contribution in [2.45, 2.75) is 46.2 Å². The minimum atomic E-state index is -0.961. The highest BCUT2D eigenvalue weighted by atomic mass is 19.1. The first-order valence-corrected chi connectivity index (χ1v) is 10.4. The maximum Gasteiger partial charge on any atom is 0.286 e. The van der Waals surface area contributed by atoms with Crippen LogP contribution in [0.2, 0.25) is 0 Å². The number of ketones is 1. The molecule has 0 saturated carbocycles. The number of halogens is 1. The quantitative estimate of drug-likeness (QED) is 0.490. The SMILES string of the molecule is CC(C)c1nnc(C(=O)[C@@H](NC(=O)Cn2c(-c3ccc(F)cc3)ncc(N)c2=O)C(C)C)o1. The molecule has 0 fully saturated rings. The van der Waals surface area contributed by atoms with Gasteiger partial charge in [0, 0.05) is 11.5 Å². The summed E-state index contributed by atoms with van der Waals surface area (Å²) in [7, 11) is 0. The first-order valence-electron chi connectivity index (χ1n) is 10.4. The molecule has 0 aliphatic carbocycles. The van der Waals surface area contributed by atoms with Crippen LogP contribution in [0.15, 0.2) is 39.7 Å². The molecular weight excluding hydrogens is 431 g/mol. The number of Topliss-reactive ketones (excluding diaryl/α,β-unsaturated/α-hetero) is 1. The van der Waals surface area contributed by atoms with E-state index in [4.69, 9.17) is 10.2 Å². The number of nitrogens with two attached hydrogens (primary N) is 1. The third-order valence-electron chi connectivity index (χ3n) is 4.89. The fraction of sp³-hybridized carbons (Fsp3) is 0.364. The Morgan fingerprint density at radius 2 is 1.82 bits per heavy atom. The fourth-order valence-corrected chi connectivity index (χ4v) is 3.08. The molecule has 1 amide bonds. The number of nitrogens with one attached hydrogen (secondary N) is 1. The number of anilines is 1. The predicted octanol–water partition coefficient (Wildman–Crippen LogP) is 2.16. The van der Waals surface area contributed by atoms with E-state index >= 15 is 0 Å². The number of carbonyl (C=O) groups is 2. The number of hydrogen-bond donors (Lipinski definition) is 2. The minimum absolute atomic E-state index is 0.0565. The van der Waals surface area contributed by atoms with Gasteiger partial charge in [-0.05, 0) is 30.2 Å². The van der Waals surface area contributed by atoms with Gasteiger partial charge in [0.15, 0.2) is 0 Å². The number of rotatable bonds is 8. The molecule has 33 heavy (non-hydrogen) atoms. The summed E-state index contributed by atoms with van der Waals surface area (Å²) in [5, 5.41) is 10.3. The van der Waals surface area contributed by atoms with Gasteiger partial charge in [0.1, 0.15) is 23.9 Å². The average molecular weight is 456 g/mol. The van der Waals surface area contributed by atoms with E-state index in [2.05, 4.69) is 20.5 Å². The number of amides is 1. The van der Waals surface area contributed by atoms with Crippen molar-refractivity contribution in [3.63, 3.8) is 0 Å². The van der Waals surface area contributed by atoms with Gasteiger partial charge in [0.05, 0.1) is 12.2 Å². The summed E-state index contributed by atoms with van der Waals surface area (Å²) < 4.78 is 19.8. The molecule has 0 saturated heterocycles. The standard InChI is InChI=1S/C22H25FN6O4/c1-11(2)17(18(31)21-28-27-20(33-21)12(3)4)26-16(30)10-29-19(25-9-15(24)22(29)32)13-5-7-14(23)8-6-13/h5-9,11-12,17H,10,24H2,1-4H3,(H,26,30)/t17-/m0/s1. The first kappa shape index (κ1) is 23.8. The van der Waals surface area contributed by atoms with Crippen molar-refractivity contribution in [2.75, 3.05) is 5.73 Å². The van der Waals surface area contributed by atoms with Crippen LogP contribution in [0.1, 0.15) is 50.2 Å². The molecule has 1 aromatic carbocycles. The normalized spacial score (nSPS) is 12.2. The third kappa shape index (κ3) is 5.30. The van der Waals surface area contributed by atoms with Crippen LogP contribution < -0.4 is 16.6 Å². The van der Waals surface area contributed by atoms with E-state index in [-0.39, 0.29) is 29.2 Å². The summed E-state index contributed by atoms with van der Waals surface area (Å²) in [6.45, 7) is 6.74. The molecule has 3 aromatic rings. The highest BCUT2D eigenvalue weighted by Crippen LogP contribution is 2.18. The Balaban J connectivity index is 1.86. The molecule has 0 radical (unpaired) electrons. The Labute approximate surface area is 189 Å². The van der Waals surface area contributed by atoms with Crippen molar-refractivity contribution in [1.82, 2.24) is 25.1 Å². The maximum absolute atomic E-state index is 13.3. The van der Waals surface area contributed by atoms with Gasteiger partial charge in [-0.15, -0.1) is 10.2 Å². The lowest BCUT2D eigenvalue weighted by Gasteiger charge is -2.20. The molecule has 3 rings (SSSR count). The largest absolute Gasteiger partial charge is 0.418 e. The highest BCUT2D eigenvalue weighted by Gasteiger charge is 2.30. The lowest BCUT2D eigenvalue weighted by atomic mass is 9.99. The van der Waals surface area contributed by atoms with Gasteiger partial charge in [0.25, 0.3) is 11.4 Å². The van der Waals surface area contributed by atoms with Crippen molar-refractivity contribution in [2.24, 2.45) is 5.92 Å². The van der Waals surface area contributed by atoms with Crippen molar-refractivity contribution in [1.29, 1.82) is 0 Å². The molecule has 2 aromatic heterocycles. The van der Waals surface area contributed by atoms with Gasteiger partial charge >= 0.3 is 0 Å². The van der Waals surface area contributed by atoms with Crippen molar-refractivity contribution < 1.29 is 18.4 Å². The van der Waals surface area contributed by atoms with Crippen LogP contribution >= 0.6 is 0 Å². The lowest BCUT2D eigenvalue weighted by Crippen LogP contribution is -2.46. The molecule has 10 nitrogen and oxygen atoms in total. The zero-order chi connectivity index (χ0) is 24.3. The topological polar surface area (TPSA) is 146 Å². The molecule has 0 spiro atoms. The fourth-order valence-electron chi connectivity index (χ4n) is 3.08. The van der Waals surface area contributed by atoms with Crippen LogP contribution in [0, 0.1) is 11.7 Å². The van der Waals surface area contributed by atoms with Crippen LogP contribution in [0.5, 0.6) is 0 Å². The highest BCUT2D eigenvalue weighted by molar-refractivity contribution is 5.98. The summed E-state index contributed by atoms with van der Waals surface area (Å²) >= 11 is 0. The number of nitrogen functional groups attached to an aromatic ring is 1. The van der Waals surface area contributed by atoms with Gasteiger partial charge in [-0.1, -0.05) is 27.7 Å². The summed E-state index contributed by atoms with van der Waals surface area (Å²) in [4.78, 5) is 42.6. The Morgan fingerprint density at radius 3 is 2.39 bits per heavy atom. The Morgan fingerprint density at radius 1 is 1.15 bits per heavy atom.